The Hall–Kier alpha value is 0.310. The van der Waals surface area contributed by atoms with Crippen LogP contribution in [0.1, 0.15) is 58.3 Å². The molecule has 1 N–H and O–H groups in total. The first-order valence-electron chi connectivity index (χ1n) is 7.64. The van der Waals surface area contributed by atoms with Gasteiger partial charge < -0.3 is 5.32 Å². The van der Waals surface area contributed by atoms with E-state index < -0.39 is 0 Å². The second-order valence-electron chi connectivity index (χ2n) is 5.92. The molecule has 2 fully saturated rings. The molecule has 17 heavy (non-hydrogen) atoms. The van der Waals surface area contributed by atoms with Gasteiger partial charge in [0.1, 0.15) is 0 Å². The van der Waals surface area contributed by atoms with Gasteiger partial charge in [-0.25, -0.2) is 0 Å². The Morgan fingerprint density at radius 3 is 2.71 bits per heavy atom. The van der Waals surface area contributed by atoms with Crippen molar-refractivity contribution >= 4 is 11.8 Å². The smallest absolute Gasteiger partial charge is 0.0211 e. The summed E-state index contributed by atoms with van der Waals surface area (Å²) >= 11 is 2.24. The maximum atomic E-state index is 3.67. The lowest BCUT2D eigenvalue weighted by Gasteiger charge is -2.39. The molecule has 1 aliphatic carbocycles. The van der Waals surface area contributed by atoms with Gasteiger partial charge in [-0.3, -0.25) is 0 Å². The van der Waals surface area contributed by atoms with E-state index in [2.05, 4.69) is 31.1 Å². The van der Waals surface area contributed by atoms with Crippen molar-refractivity contribution in [2.24, 2.45) is 11.8 Å². The Bertz CT molecular complexity index is 213. The first-order chi connectivity index (χ1) is 8.35. The van der Waals surface area contributed by atoms with E-state index in [0.29, 0.717) is 0 Å². The van der Waals surface area contributed by atoms with Crippen molar-refractivity contribution in [3.8, 4) is 0 Å². The van der Waals surface area contributed by atoms with E-state index in [1.54, 1.807) is 0 Å². The minimum absolute atomic E-state index is 0.787. The van der Waals surface area contributed by atoms with Gasteiger partial charge in [-0.1, -0.05) is 32.6 Å². The van der Waals surface area contributed by atoms with Gasteiger partial charge in [0.15, 0.2) is 0 Å². The number of hydrogen-bond acceptors (Lipinski definition) is 2. The zero-order valence-corrected chi connectivity index (χ0v) is 12.4. The molecular weight excluding hydrogens is 226 g/mol. The molecule has 1 saturated carbocycles. The third-order valence-corrected chi connectivity index (χ3v) is 6.34. The molecule has 2 aliphatic rings. The van der Waals surface area contributed by atoms with Gasteiger partial charge >= 0.3 is 0 Å². The molecule has 4 atom stereocenters. The topological polar surface area (TPSA) is 12.0 Å². The molecule has 2 heteroatoms. The molecule has 4 unspecified atom stereocenters. The summed E-state index contributed by atoms with van der Waals surface area (Å²) in [6.45, 7) is 2.37. The predicted octanol–water partition coefficient (Wildman–Crippen LogP) is 4.08. The summed E-state index contributed by atoms with van der Waals surface area (Å²) in [5.41, 5.74) is 0. The maximum absolute atomic E-state index is 3.67. The van der Waals surface area contributed by atoms with E-state index in [1.807, 2.05) is 0 Å². The summed E-state index contributed by atoms with van der Waals surface area (Å²) in [7, 11) is 2.19. The van der Waals surface area contributed by atoms with Gasteiger partial charge in [0.05, 0.1) is 0 Å². The number of nitrogens with one attached hydrogen (secondary N) is 1. The van der Waals surface area contributed by atoms with Crippen molar-refractivity contribution in [2.75, 3.05) is 12.8 Å². The lowest BCUT2D eigenvalue weighted by molar-refractivity contribution is 0.207. The van der Waals surface area contributed by atoms with Crippen LogP contribution in [0.5, 0.6) is 0 Å². The normalized spacial score (nSPS) is 36.7. The van der Waals surface area contributed by atoms with Crippen molar-refractivity contribution in [2.45, 2.75) is 69.6 Å². The molecule has 1 aliphatic heterocycles. The Balaban J connectivity index is 1.91. The van der Waals surface area contributed by atoms with Crippen molar-refractivity contribution < 1.29 is 0 Å². The summed E-state index contributed by atoms with van der Waals surface area (Å²) < 4.78 is 0. The molecule has 0 aromatic heterocycles. The fourth-order valence-electron chi connectivity index (χ4n) is 3.80. The average Bonchev–Trinajstić information content (AvgIpc) is 2.41. The van der Waals surface area contributed by atoms with Crippen molar-refractivity contribution in [3.05, 3.63) is 0 Å². The minimum atomic E-state index is 0.787. The Morgan fingerprint density at radius 1 is 1.18 bits per heavy atom. The van der Waals surface area contributed by atoms with Crippen LogP contribution in [0.4, 0.5) is 0 Å². The van der Waals surface area contributed by atoms with E-state index in [1.165, 1.54) is 57.1 Å². The monoisotopic (exact) mass is 255 g/mol. The molecule has 0 amide bonds. The van der Waals surface area contributed by atoms with E-state index in [9.17, 15) is 0 Å². The van der Waals surface area contributed by atoms with E-state index in [-0.39, 0.29) is 0 Å². The van der Waals surface area contributed by atoms with Crippen molar-refractivity contribution in [1.82, 2.24) is 5.32 Å². The van der Waals surface area contributed by atoms with Crippen LogP contribution >= 0.6 is 11.8 Å². The molecule has 1 heterocycles. The SMILES string of the molecule is CCC1CCCC(C(NC)C2CCCCS2)C1. The summed E-state index contributed by atoms with van der Waals surface area (Å²) in [5, 5.41) is 4.56. The molecule has 100 valence electrons. The van der Waals surface area contributed by atoms with E-state index in [0.717, 1.165) is 23.1 Å². The summed E-state index contributed by atoms with van der Waals surface area (Å²) in [5.74, 6) is 3.36. The Kier molecular flexibility index (Phi) is 5.68. The largest absolute Gasteiger partial charge is 0.316 e. The van der Waals surface area contributed by atoms with Crippen LogP contribution < -0.4 is 5.32 Å². The summed E-state index contributed by atoms with van der Waals surface area (Å²) in [6.07, 6.45) is 11.7. The third-order valence-electron chi connectivity index (χ3n) is 4.86. The van der Waals surface area contributed by atoms with Gasteiger partial charge in [0, 0.05) is 11.3 Å². The highest BCUT2D eigenvalue weighted by molar-refractivity contribution is 8.00. The van der Waals surface area contributed by atoms with E-state index in [4.69, 9.17) is 0 Å². The highest BCUT2D eigenvalue weighted by Crippen LogP contribution is 2.38. The standard InChI is InChI=1S/C15H29NS/c1-3-12-7-6-8-13(11-12)15(16-2)14-9-4-5-10-17-14/h12-16H,3-11H2,1-2H3. The molecule has 2 rings (SSSR count). The van der Waals surface area contributed by atoms with Crippen LogP contribution in [0, 0.1) is 11.8 Å². The molecule has 0 bridgehead atoms. The van der Waals surface area contributed by atoms with Crippen molar-refractivity contribution in [3.63, 3.8) is 0 Å². The third kappa shape index (κ3) is 3.64. The predicted molar refractivity (Wildman–Crippen MR) is 78.7 cm³/mol. The minimum Gasteiger partial charge on any atom is -0.316 e. The second-order valence-corrected chi connectivity index (χ2v) is 7.27. The molecule has 0 spiro atoms. The van der Waals surface area contributed by atoms with Gasteiger partial charge in [-0.15, -0.1) is 0 Å². The van der Waals surface area contributed by atoms with Gasteiger partial charge in [0.2, 0.25) is 0 Å². The Morgan fingerprint density at radius 2 is 2.06 bits per heavy atom. The maximum Gasteiger partial charge on any atom is 0.0211 e. The Labute approximate surface area is 112 Å². The molecule has 0 aromatic rings. The number of thioether (sulfide) groups is 1. The van der Waals surface area contributed by atoms with Crippen LogP contribution in [0.3, 0.4) is 0 Å². The van der Waals surface area contributed by atoms with Crippen LogP contribution in [0.25, 0.3) is 0 Å². The summed E-state index contributed by atoms with van der Waals surface area (Å²) in [6, 6.07) is 0.787. The molecular formula is C15H29NS. The molecule has 0 aromatic carbocycles. The first kappa shape index (κ1) is 13.7. The molecule has 1 nitrogen and oxygen atoms in total. The van der Waals surface area contributed by atoms with Crippen LogP contribution in [-0.4, -0.2) is 24.1 Å². The molecule has 0 radical (unpaired) electrons. The quantitative estimate of drug-likeness (QED) is 0.812. The fourth-order valence-corrected chi connectivity index (χ4v) is 5.38. The van der Waals surface area contributed by atoms with Crippen molar-refractivity contribution in [1.29, 1.82) is 0 Å². The fraction of sp³-hybridized carbons (Fsp3) is 1.00. The van der Waals surface area contributed by atoms with E-state index >= 15 is 0 Å². The zero-order valence-electron chi connectivity index (χ0n) is 11.6. The number of hydrogen-bond donors (Lipinski definition) is 1. The lowest BCUT2D eigenvalue weighted by Crippen LogP contribution is -2.44. The molecule has 1 saturated heterocycles. The highest BCUT2D eigenvalue weighted by atomic mass is 32.2. The summed E-state index contributed by atoms with van der Waals surface area (Å²) in [4.78, 5) is 0. The van der Waals surface area contributed by atoms with Gasteiger partial charge in [0.25, 0.3) is 0 Å². The highest BCUT2D eigenvalue weighted by Gasteiger charge is 2.32. The van der Waals surface area contributed by atoms with Gasteiger partial charge in [-0.05, 0) is 50.3 Å². The zero-order chi connectivity index (χ0) is 12.1. The average molecular weight is 255 g/mol. The number of rotatable bonds is 4. The lowest BCUT2D eigenvalue weighted by atomic mass is 9.75. The van der Waals surface area contributed by atoms with Gasteiger partial charge in [-0.2, -0.15) is 11.8 Å². The van der Waals surface area contributed by atoms with Crippen LogP contribution in [-0.2, 0) is 0 Å². The van der Waals surface area contributed by atoms with Crippen LogP contribution in [0.2, 0.25) is 0 Å². The van der Waals surface area contributed by atoms with Crippen LogP contribution in [0.15, 0.2) is 0 Å². The first-order valence-corrected chi connectivity index (χ1v) is 8.69. The second kappa shape index (κ2) is 7.04.